The number of rotatable bonds is 6. The van der Waals surface area contributed by atoms with E-state index in [0.29, 0.717) is 16.5 Å². The van der Waals surface area contributed by atoms with Gasteiger partial charge in [-0.15, -0.1) is 0 Å². The first-order valence-corrected chi connectivity index (χ1v) is 8.06. The fraction of sp³-hybridized carbons (Fsp3) is 0.158. The minimum Gasteiger partial charge on any atom is -0.495 e. The molecule has 2 aromatic carbocycles. The molecule has 5 nitrogen and oxygen atoms in total. The van der Waals surface area contributed by atoms with Gasteiger partial charge in [0.1, 0.15) is 11.6 Å². The van der Waals surface area contributed by atoms with Crippen LogP contribution in [0.3, 0.4) is 0 Å². The lowest BCUT2D eigenvalue weighted by atomic mass is 10.2. The van der Waals surface area contributed by atoms with Gasteiger partial charge in [0.05, 0.1) is 12.8 Å². The molecule has 0 fully saturated rings. The topological polar surface area (TPSA) is 64.6 Å². The number of ether oxygens (including phenoxy) is 2. The summed E-state index contributed by atoms with van der Waals surface area (Å²) in [6, 6.07) is 10.7. The molecule has 0 spiro atoms. The van der Waals surface area contributed by atoms with Crippen molar-refractivity contribution in [3.63, 3.8) is 0 Å². The van der Waals surface area contributed by atoms with Crippen LogP contribution in [-0.4, -0.2) is 25.1 Å². The summed E-state index contributed by atoms with van der Waals surface area (Å²) in [5, 5.41) is 3.00. The molecule has 0 saturated heterocycles. The van der Waals surface area contributed by atoms with E-state index in [9.17, 15) is 14.0 Å². The van der Waals surface area contributed by atoms with E-state index in [4.69, 9.17) is 21.1 Å². The van der Waals surface area contributed by atoms with Crippen molar-refractivity contribution in [2.75, 3.05) is 12.4 Å². The zero-order valence-electron chi connectivity index (χ0n) is 14.2. The average Bonchev–Trinajstić information content (AvgIpc) is 2.61. The highest BCUT2D eigenvalue weighted by atomic mass is 35.5. The van der Waals surface area contributed by atoms with Gasteiger partial charge in [0.2, 0.25) is 0 Å². The highest BCUT2D eigenvalue weighted by molar-refractivity contribution is 6.31. The lowest BCUT2D eigenvalue weighted by Crippen LogP contribution is -2.29. The van der Waals surface area contributed by atoms with Crippen molar-refractivity contribution >= 4 is 35.2 Å². The van der Waals surface area contributed by atoms with Crippen molar-refractivity contribution in [3.8, 4) is 5.75 Å². The van der Waals surface area contributed by atoms with Crippen LogP contribution < -0.4 is 10.1 Å². The molecular formula is C19H17ClFNO4. The fourth-order valence-corrected chi connectivity index (χ4v) is 2.22. The number of esters is 1. The first kappa shape index (κ1) is 19.5. The van der Waals surface area contributed by atoms with Crippen LogP contribution in [-0.2, 0) is 14.3 Å². The lowest BCUT2D eigenvalue weighted by Gasteiger charge is -2.14. The van der Waals surface area contributed by atoms with Gasteiger partial charge in [0.15, 0.2) is 6.10 Å². The van der Waals surface area contributed by atoms with Gasteiger partial charge < -0.3 is 14.8 Å². The molecule has 0 saturated carbocycles. The Morgan fingerprint density at radius 2 is 1.96 bits per heavy atom. The number of hydrogen-bond donors (Lipinski definition) is 1. The van der Waals surface area contributed by atoms with Crippen LogP contribution in [0, 0.1) is 5.82 Å². The van der Waals surface area contributed by atoms with Gasteiger partial charge in [-0.3, -0.25) is 4.79 Å². The maximum absolute atomic E-state index is 13.5. The number of methoxy groups -OCH3 is 1. The van der Waals surface area contributed by atoms with E-state index in [1.54, 1.807) is 24.3 Å². The lowest BCUT2D eigenvalue weighted by molar-refractivity contribution is -0.148. The van der Waals surface area contributed by atoms with Crippen LogP contribution in [0.4, 0.5) is 10.1 Å². The summed E-state index contributed by atoms with van der Waals surface area (Å²) in [7, 11) is 1.45. The largest absolute Gasteiger partial charge is 0.495 e. The maximum atomic E-state index is 13.5. The molecule has 0 aromatic heterocycles. The standard InChI is InChI=1S/C19H17ClFNO4/c1-12(19(24)22-16-11-14(20)8-9-17(16)25-2)26-18(23)10-7-13-5-3-4-6-15(13)21/h3-12H,1-2H3,(H,22,24)/b10-7+/t12-/m1/s1. The van der Waals surface area contributed by atoms with Crippen molar-refractivity contribution in [1.29, 1.82) is 0 Å². The molecule has 2 rings (SSSR count). The summed E-state index contributed by atoms with van der Waals surface area (Å²) in [6.45, 7) is 1.42. The van der Waals surface area contributed by atoms with E-state index >= 15 is 0 Å². The zero-order chi connectivity index (χ0) is 19.1. The van der Waals surface area contributed by atoms with Gasteiger partial charge in [-0.25, -0.2) is 9.18 Å². The minimum absolute atomic E-state index is 0.241. The number of nitrogens with one attached hydrogen (secondary N) is 1. The number of carbonyl (C=O) groups is 2. The molecule has 0 radical (unpaired) electrons. The van der Waals surface area contributed by atoms with Crippen LogP contribution in [0.5, 0.6) is 5.75 Å². The Kier molecular flexibility index (Phi) is 6.74. The molecule has 136 valence electrons. The smallest absolute Gasteiger partial charge is 0.331 e. The molecule has 0 aliphatic rings. The predicted octanol–water partition coefficient (Wildman–Crippen LogP) is 4.07. The summed E-state index contributed by atoms with van der Waals surface area (Å²) >= 11 is 5.90. The van der Waals surface area contributed by atoms with Gasteiger partial charge in [0, 0.05) is 16.7 Å². The Balaban J connectivity index is 1.97. The SMILES string of the molecule is COc1ccc(Cl)cc1NC(=O)[C@@H](C)OC(=O)/C=C/c1ccccc1F. The molecule has 1 amide bonds. The molecule has 2 aromatic rings. The van der Waals surface area contributed by atoms with Crippen LogP contribution in [0.2, 0.25) is 5.02 Å². The Morgan fingerprint density at radius 3 is 2.65 bits per heavy atom. The molecule has 26 heavy (non-hydrogen) atoms. The van der Waals surface area contributed by atoms with Crippen LogP contribution in [0.15, 0.2) is 48.5 Å². The third-order valence-corrected chi connectivity index (χ3v) is 3.62. The summed E-state index contributed by atoms with van der Waals surface area (Å²) < 4.78 is 23.6. The molecule has 0 heterocycles. The highest BCUT2D eigenvalue weighted by Gasteiger charge is 2.18. The number of amides is 1. The second kappa shape index (κ2) is 9.01. The number of anilines is 1. The Morgan fingerprint density at radius 1 is 1.23 bits per heavy atom. The molecule has 0 aliphatic carbocycles. The summed E-state index contributed by atoms with van der Waals surface area (Å²) in [5.41, 5.74) is 0.597. The van der Waals surface area contributed by atoms with E-state index in [2.05, 4.69) is 5.32 Å². The normalized spacial score (nSPS) is 11.8. The number of halogens is 2. The highest BCUT2D eigenvalue weighted by Crippen LogP contribution is 2.27. The first-order valence-electron chi connectivity index (χ1n) is 7.68. The number of hydrogen-bond acceptors (Lipinski definition) is 4. The Bertz CT molecular complexity index is 838. The summed E-state index contributed by atoms with van der Waals surface area (Å²) in [5.74, 6) is -1.37. The number of carbonyl (C=O) groups excluding carboxylic acids is 2. The van der Waals surface area contributed by atoms with Crippen molar-refractivity contribution in [2.24, 2.45) is 0 Å². The molecule has 0 bridgehead atoms. The van der Waals surface area contributed by atoms with E-state index in [0.717, 1.165) is 6.08 Å². The molecule has 0 unspecified atom stereocenters. The first-order chi connectivity index (χ1) is 12.4. The van der Waals surface area contributed by atoms with Gasteiger partial charge in [-0.1, -0.05) is 29.8 Å². The van der Waals surface area contributed by atoms with Gasteiger partial charge in [-0.05, 0) is 37.3 Å². The third kappa shape index (κ3) is 5.32. The van der Waals surface area contributed by atoms with Gasteiger partial charge >= 0.3 is 5.97 Å². The average molecular weight is 378 g/mol. The minimum atomic E-state index is -1.07. The molecular weight excluding hydrogens is 361 g/mol. The van der Waals surface area contributed by atoms with Crippen LogP contribution in [0.1, 0.15) is 12.5 Å². The fourth-order valence-electron chi connectivity index (χ4n) is 2.05. The van der Waals surface area contributed by atoms with E-state index in [-0.39, 0.29) is 5.56 Å². The van der Waals surface area contributed by atoms with Crippen LogP contribution >= 0.6 is 11.6 Å². The van der Waals surface area contributed by atoms with Gasteiger partial charge in [-0.2, -0.15) is 0 Å². The maximum Gasteiger partial charge on any atom is 0.331 e. The van der Waals surface area contributed by atoms with Crippen molar-refractivity contribution in [2.45, 2.75) is 13.0 Å². The molecule has 1 atom stereocenters. The van der Waals surface area contributed by atoms with Crippen molar-refractivity contribution in [1.82, 2.24) is 0 Å². The van der Waals surface area contributed by atoms with Gasteiger partial charge in [0.25, 0.3) is 5.91 Å². The second-order valence-electron chi connectivity index (χ2n) is 5.27. The Hall–Kier alpha value is -2.86. The number of benzene rings is 2. The summed E-state index contributed by atoms with van der Waals surface area (Å²) in [6.07, 6.45) is 1.27. The van der Waals surface area contributed by atoms with Crippen molar-refractivity contribution in [3.05, 3.63) is 64.9 Å². The van der Waals surface area contributed by atoms with Crippen molar-refractivity contribution < 1.29 is 23.5 Å². The monoisotopic (exact) mass is 377 g/mol. The van der Waals surface area contributed by atoms with E-state index < -0.39 is 23.8 Å². The quantitative estimate of drug-likeness (QED) is 0.608. The predicted molar refractivity (Wildman–Crippen MR) is 97.6 cm³/mol. The molecule has 0 aliphatic heterocycles. The third-order valence-electron chi connectivity index (χ3n) is 3.39. The van der Waals surface area contributed by atoms with E-state index in [1.165, 1.54) is 38.3 Å². The zero-order valence-corrected chi connectivity index (χ0v) is 14.9. The Labute approximate surface area is 155 Å². The second-order valence-corrected chi connectivity index (χ2v) is 5.70. The molecule has 1 N–H and O–H groups in total. The molecule has 7 heteroatoms. The van der Waals surface area contributed by atoms with Crippen LogP contribution in [0.25, 0.3) is 6.08 Å². The summed E-state index contributed by atoms with van der Waals surface area (Å²) in [4.78, 5) is 24.0. The van der Waals surface area contributed by atoms with E-state index in [1.807, 2.05) is 0 Å².